The normalized spacial score (nSPS) is 17.3. The number of rotatable bonds is 5. The van der Waals surface area contributed by atoms with Crippen molar-refractivity contribution >= 4 is 33.5 Å². The number of nitrogens with zero attached hydrogens (tertiary/aromatic N) is 3. The van der Waals surface area contributed by atoms with Gasteiger partial charge in [0.2, 0.25) is 5.91 Å². The topological polar surface area (TPSA) is 65.5 Å². The standard InChI is InChI=1S/C20H28N4O2S/c1-14(2)11-21-20(26)24-10-6-7-15(12-24)19(25)23(3)13-18-22-16-8-4-5-9-17(16)27-18/h4-5,8-9,14-15H,6-7,10-13H2,1-3H3,(H,21,26)/t15-/m0/s1. The Morgan fingerprint density at radius 3 is 2.89 bits per heavy atom. The minimum atomic E-state index is -0.136. The quantitative estimate of drug-likeness (QED) is 0.854. The summed E-state index contributed by atoms with van der Waals surface area (Å²) in [5.74, 6) is 0.370. The van der Waals surface area contributed by atoms with E-state index in [0.29, 0.717) is 25.6 Å². The molecule has 1 atom stereocenters. The van der Waals surface area contributed by atoms with Crippen molar-refractivity contribution in [2.45, 2.75) is 33.2 Å². The SMILES string of the molecule is CC(C)CNC(=O)N1CCC[C@H](C(=O)N(C)Cc2nc3ccccc3s2)C1. The van der Waals surface area contributed by atoms with Gasteiger partial charge in [-0.25, -0.2) is 9.78 Å². The van der Waals surface area contributed by atoms with Crippen LogP contribution in [0, 0.1) is 11.8 Å². The molecule has 7 heteroatoms. The highest BCUT2D eigenvalue weighted by molar-refractivity contribution is 7.18. The number of benzene rings is 1. The van der Waals surface area contributed by atoms with Gasteiger partial charge in [-0.2, -0.15) is 0 Å². The van der Waals surface area contributed by atoms with Crippen LogP contribution in [0.25, 0.3) is 10.2 Å². The van der Waals surface area contributed by atoms with E-state index >= 15 is 0 Å². The Morgan fingerprint density at radius 2 is 2.15 bits per heavy atom. The van der Waals surface area contributed by atoms with E-state index in [4.69, 9.17) is 0 Å². The molecule has 1 aliphatic rings. The molecule has 0 saturated carbocycles. The van der Waals surface area contributed by atoms with Crippen molar-refractivity contribution < 1.29 is 9.59 Å². The molecule has 1 aliphatic heterocycles. The zero-order chi connectivity index (χ0) is 19.4. The van der Waals surface area contributed by atoms with Crippen LogP contribution in [0.3, 0.4) is 0 Å². The predicted molar refractivity (Wildman–Crippen MR) is 109 cm³/mol. The number of aromatic nitrogens is 1. The first-order valence-corrected chi connectivity index (χ1v) is 10.4. The molecular weight excluding hydrogens is 360 g/mol. The van der Waals surface area contributed by atoms with Crippen molar-refractivity contribution in [1.29, 1.82) is 0 Å². The minimum Gasteiger partial charge on any atom is -0.339 e. The van der Waals surface area contributed by atoms with Crippen LogP contribution >= 0.6 is 11.3 Å². The monoisotopic (exact) mass is 388 g/mol. The molecule has 0 unspecified atom stereocenters. The van der Waals surface area contributed by atoms with Gasteiger partial charge in [0.1, 0.15) is 5.01 Å². The molecule has 3 rings (SSSR count). The van der Waals surface area contributed by atoms with Gasteiger partial charge in [0, 0.05) is 26.7 Å². The summed E-state index contributed by atoms with van der Waals surface area (Å²) in [4.78, 5) is 33.3. The van der Waals surface area contributed by atoms with Gasteiger partial charge < -0.3 is 15.1 Å². The highest BCUT2D eigenvalue weighted by atomic mass is 32.1. The third-order valence-corrected chi connectivity index (χ3v) is 5.83. The molecular formula is C20H28N4O2S. The molecule has 27 heavy (non-hydrogen) atoms. The lowest BCUT2D eigenvalue weighted by atomic mass is 9.97. The van der Waals surface area contributed by atoms with Crippen LogP contribution in [0.1, 0.15) is 31.7 Å². The van der Waals surface area contributed by atoms with Gasteiger partial charge in [-0.1, -0.05) is 26.0 Å². The number of amides is 3. The predicted octanol–water partition coefficient (Wildman–Crippen LogP) is 3.33. The number of nitrogens with one attached hydrogen (secondary N) is 1. The lowest BCUT2D eigenvalue weighted by molar-refractivity contribution is -0.136. The van der Waals surface area contributed by atoms with Gasteiger partial charge in [-0.15, -0.1) is 11.3 Å². The molecule has 1 saturated heterocycles. The number of fused-ring (bicyclic) bond motifs is 1. The second kappa shape index (κ2) is 8.69. The van der Waals surface area contributed by atoms with Crippen molar-refractivity contribution in [3.05, 3.63) is 29.3 Å². The summed E-state index contributed by atoms with van der Waals surface area (Å²) in [5, 5.41) is 3.89. The molecule has 0 bridgehead atoms. The number of hydrogen-bond donors (Lipinski definition) is 1. The number of likely N-dealkylation sites (tertiary alicyclic amines) is 1. The minimum absolute atomic E-state index is 0.0602. The van der Waals surface area contributed by atoms with Gasteiger partial charge in [-0.3, -0.25) is 4.79 Å². The third-order valence-electron chi connectivity index (χ3n) is 4.81. The maximum atomic E-state index is 12.9. The van der Waals surface area contributed by atoms with Crippen molar-refractivity contribution in [2.75, 3.05) is 26.7 Å². The first-order valence-electron chi connectivity index (χ1n) is 9.56. The number of carbonyl (C=O) groups excluding carboxylic acids is 2. The van der Waals surface area contributed by atoms with E-state index in [9.17, 15) is 9.59 Å². The Morgan fingerprint density at radius 1 is 1.37 bits per heavy atom. The Balaban J connectivity index is 1.57. The fourth-order valence-electron chi connectivity index (χ4n) is 3.35. The van der Waals surface area contributed by atoms with Crippen LogP contribution in [-0.2, 0) is 11.3 Å². The van der Waals surface area contributed by atoms with Crippen LogP contribution in [0.15, 0.2) is 24.3 Å². The van der Waals surface area contributed by atoms with Gasteiger partial charge in [0.25, 0.3) is 0 Å². The van der Waals surface area contributed by atoms with E-state index in [0.717, 1.165) is 34.6 Å². The summed E-state index contributed by atoms with van der Waals surface area (Å²) < 4.78 is 1.14. The average molecular weight is 389 g/mol. The van der Waals surface area contributed by atoms with E-state index < -0.39 is 0 Å². The number of piperidine rings is 1. The number of carbonyl (C=O) groups is 2. The highest BCUT2D eigenvalue weighted by Crippen LogP contribution is 2.24. The summed E-state index contributed by atoms with van der Waals surface area (Å²) in [7, 11) is 1.83. The molecule has 2 aromatic rings. The van der Waals surface area contributed by atoms with Crippen molar-refractivity contribution in [3.8, 4) is 0 Å². The maximum absolute atomic E-state index is 12.9. The lowest BCUT2D eigenvalue weighted by Gasteiger charge is -2.34. The molecule has 6 nitrogen and oxygen atoms in total. The smallest absolute Gasteiger partial charge is 0.317 e. The molecule has 0 spiro atoms. The van der Waals surface area contributed by atoms with Crippen molar-refractivity contribution in [3.63, 3.8) is 0 Å². The molecule has 2 heterocycles. The fourth-order valence-corrected chi connectivity index (χ4v) is 4.37. The number of para-hydroxylation sites is 1. The Bertz CT molecular complexity index is 771. The van der Waals surface area contributed by atoms with Crippen molar-refractivity contribution in [1.82, 2.24) is 20.1 Å². The van der Waals surface area contributed by atoms with E-state index in [1.54, 1.807) is 21.1 Å². The van der Waals surface area contributed by atoms with Crippen LogP contribution in [-0.4, -0.2) is 53.4 Å². The second-order valence-corrected chi connectivity index (χ2v) is 8.75. The molecule has 1 aromatic carbocycles. The maximum Gasteiger partial charge on any atom is 0.317 e. The summed E-state index contributed by atoms with van der Waals surface area (Å²) in [6.45, 7) is 6.52. The summed E-state index contributed by atoms with van der Waals surface area (Å²) in [5.41, 5.74) is 0.976. The lowest BCUT2D eigenvalue weighted by Crippen LogP contribution is -2.49. The third kappa shape index (κ3) is 4.97. The summed E-state index contributed by atoms with van der Waals surface area (Å²) >= 11 is 1.62. The van der Waals surface area contributed by atoms with Gasteiger partial charge >= 0.3 is 6.03 Å². The molecule has 0 aliphatic carbocycles. The zero-order valence-corrected chi connectivity index (χ0v) is 17.1. The van der Waals surface area contributed by atoms with Crippen LogP contribution in [0.4, 0.5) is 4.79 Å². The average Bonchev–Trinajstić information content (AvgIpc) is 3.07. The Hall–Kier alpha value is -2.15. The van der Waals surface area contributed by atoms with Gasteiger partial charge in [0.05, 0.1) is 22.7 Å². The van der Waals surface area contributed by atoms with E-state index in [1.807, 2.05) is 31.3 Å². The number of urea groups is 1. The molecule has 1 fully saturated rings. The van der Waals surface area contributed by atoms with Gasteiger partial charge in [0.15, 0.2) is 0 Å². The van der Waals surface area contributed by atoms with E-state index in [1.165, 1.54) is 0 Å². The molecule has 0 radical (unpaired) electrons. The zero-order valence-electron chi connectivity index (χ0n) is 16.3. The Labute approximate surface area is 164 Å². The summed E-state index contributed by atoms with van der Waals surface area (Å²) in [6.07, 6.45) is 1.69. The number of hydrogen-bond acceptors (Lipinski definition) is 4. The highest BCUT2D eigenvalue weighted by Gasteiger charge is 2.30. The molecule has 1 aromatic heterocycles. The largest absolute Gasteiger partial charge is 0.339 e. The van der Waals surface area contributed by atoms with Crippen LogP contribution in [0.5, 0.6) is 0 Å². The summed E-state index contributed by atoms with van der Waals surface area (Å²) in [6, 6.07) is 7.95. The van der Waals surface area contributed by atoms with Gasteiger partial charge in [-0.05, 0) is 30.9 Å². The number of thiazole rings is 1. The molecule has 146 valence electrons. The fraction of sp³-hybridized carbons (Fsp3) is 0.550. The molecule has 3 amide bonds. The first-order chi connectivity index (χ1) is 12.9. The van der Waals surface area contributed by atoms with Crippen molar-refractivity contribution in [2.24, 2.45) is 11.8 Å². The Kier molecular flexibility index (Phi) is 6.31. The van der Waals surface area contributed by atoms with E-state index in [-0.39, 0.29) is 17.9 Å². The molecule has 1 N–H and O–H groups in total. The van der Waals surface area contributed by atoms with Crippen LogP contribution < -0.4 is 5.32 Å². The second-order valence-electron chi connectivity index (χ2n) is 7.63. The van der Waals surface area contributed by atoms with E-state index in [2.05, 4.69) is 24.1 Å². The first kappa shape index (κ1) is 19.6. The van der Waals surface area contributed by atoms with Crippen LogP contribution in [0.2, 0.25) is 0 Å².